The van der Waals surface area contributed by atoms with Crippen LogP contribution in [-0.4, -0.2) is 35.8 Å². The summed E-state index contributed by atoms with van der Waals surface area (Å²) in [4.78, 5) is 17.6. The van der Waals surface area contributed by atoms with E-state index in [0.29, 0.717) is 12.2 Å². The topological polar surface area (TPSA) is 65.4 Å². The molecule has 0 fully saturated rings. The summed E-state index contributed by atoms with van der Waals surface area (Å²) in [6.45, 7) is 2.46. The number of benzene rings is 2. The molecule has 138 valence electrons. The number of nitrogens with zero attached hydrogens (tertiary/aromatic N) is 2. The van der Waals surface area contributed by atoms with Crippen LogP contribution in [0.25, 0.3) is 11.0 Å². The summed E-state index contributed by atoms with van der Waals surface area (Å²) in [6.07, 6.45) is 0. The molecule has 1 aromatic heterocycles. The lowest BCUT2D eigenvalue weighted by atomic mass is 9.95. The zero-order valence-corrected chi connectivity index (χ0v) is 15.3. The molecule has 6 heteroatoms. The minimum absolute atomic E-state index is 0.213. The largest absolute Gasteiger partial charge is 0.460 e. The molecule has 0 unspecified atom stereocenters. The van der Waals surface area contributed by atoms with Crippen LogP contribution in [0.4, 0.5) is 5.95 Å². The van der Waals surface area contributed by atoms with Gasteiger partial charge in [-0.3, -0.25) is 4.57 Å². The van der Waals surface area contributed by atoms with Crippen LogP contribution in [0, 0.1) is 0 Å². The molecule has 1 aliphatic rings. The van der Waals surface area contributed by atoms with E-state index in [4.69, 9.17) is 14.5 Å². The van der Waals surface area contributed by atoms with Crippen LogP contribution in [0.15, 0.2) is 65.9 Å². The number of esters is 1. The lowest BCUT2D eigenvalue weighted by Crippen LogP contribution is -2.29. The molecule has 2 aromatic carbocycles. The van der Waals surface area contributed by atoms with Crippen molar-refractivity contribution in [1.29, 1.82) is 0 Å². The third kappa shape index (κ3) is 3.08. The first-order valence-corrected chi connectivity index (χ1v) is 8.86. The third-order valence-corrected chi connectivity index (χ3v) is 4.69. The monoisotopic (exact) mass is 363 g/mol. The van der Waals surface area contributed by atoms with Crippen molar-refractivity contribution in [1.82, 2.24) is 9.55 Å². The number of carbonyl (C=O) groups is 1. The fourth-order valence-electron chi connectivity index (χ4n) is 3.47. The minimum Gasteiger partial charge on any atom is -0.460 e. The molecule has 4 rings (SSSR count). The summed E-state index contributed by atoms with van der Waals surface area (Å²) in [5.74, 6) is 0.366. The second kappa shape index (κ2) is 7.25. The van der Waals surface area contributed by atoms with Crippen LogP contribution in [0.5, 0.6) is 0 Å². The molecule has 1 aliphatic heterocycles. The van der Waals surface area contributed by atoms with Gasteiger partial charge in [0.25, 0.3) is 0 Å². The Morgan fingerprint density at radius 2 is 1.85 bits per heavy atom. The molecule has 0 spiro atoms. The molecule has 0 amide bonds. The molecule has 1 atom stereocenters. The van der Waals surface area contributed by atoms with Gasteiger partial charge in [0.1, 0.15) is 6.61 Å². The summed E-state index contributed by atoms with van der Waals surface area (Å²) in [5, 5.41) is 3.27. The first-order valence-electron chi connectivity index (χ1n) is 8.86. The van der Waals surface area contributed by atoms with Gasteiger partial charge in [-0.05, 0) is 24.6 Å². The summed E-state index contributed by atoms with van der Waals surface area (Å²) in [6, 6.07) is 17.5. The van der Waals surface area contributed by atoms with Gasteiger partial charge in [0, 0.05) is 12.8 Å². The minimum atomic E-state index is -0.352. The molecule has 27 heavy (non-hydrogen) atoms. The number of rotatable bonds is 5. The molecule has 0 saturated carbocycles. The number of allylic oxidation sites excluding steroid dienone is 1. The molecule has 2 heterocycles. The maximum atomic E-state index is 12.9. The lowest BCUT2D eigenvalue weighted by Gasteiger charge is -2.30. The first-order chi connectivity index (χ1) is 13.2. The highest BCUT2D eigenvalue weighted by Gasteiger charge is 2.34. The van der Waals surface area contributed by atoms with Gasteiger partial charge in [-0.2, -0.15) is 0 Å². The van der Waals surface area contributed by atoms with E-state index < -0.39 is 0 Å². The number of para-hydroxylation sites is 2. The Morgan fingerprint density at radius 3 is 2.63 bits per heavy atom. The van der Waals surface area contributed by atoms with E-state index >= 15 is 0 Å². The molecule has 0 aliphatic carbocycles. The van der Waals surface area contributed by atoms with Crippen LogP contribution in [0.3, 0.4) is 0 Å². The van der Waals surface area contributed by atoms with Gasteiger partial charge in [-0.25, -0.2) is 9.78 Å². The Morgan fingerprint density at radius 1 is 1.11 bits per heavy atom. The zero-order valence-electron chi connectivity index (χ0n) is 15.3. The van der Waals surface area contributed by atoms with Gasteiger partial charge >= 0.3 is 5.97 Å². The Labute approximate surface area is 157 Å². The zero-order chi connectivity index (χ0) is 18.8. The maximum absolute atomic E-state index is 12.9. The average Bonchev–Trinajstić information content (AvgIpc) is 3.05. The number of imidazole rings is 1. The number of ether oxygens (including phenoxy) is 2. The van der Waals surface area contributed by atoms with Crippen molar-refractivity contribution in [3.63, 3.8) is 0 Å². The highest BCUT2D eigenvalue weighted by atomic mass is 16.6. The summed E-state index contributed by atoms with van der Waals surface area (Å²) < 4.78 is 12.5. The number of anilines is 1. The predicted octanol–water partition coefficient (Wildman–Crippen LogP) is 3.51. The van der Waals surface area contributed by atoms with Crippen molar-refractivity contribution in [3.05, 3.63) is 71.4 Å². The van der Waals surface area contributed by atoms with Crippen molar-refractivity contribution in [3.8, 4) is 0 Å². The quantitative estimate of drug-likeness (QED) is 0.555. The van der Waals surface area contributed by atoms with E-state index in [-0.39, 0.29) is 18.6 Å². The fourth-order valence-corrected chi connectivity index (χ4v) is 3.47. The number of methoxy groups -OCH3 is 1. The number of hydrogen-bond donors (Lipinski definition) is 1. The summed E-state index contributed by atoms with van der Waals surface area (Å²) in [5.41, 5.74) is 4.16. The maximum Gasteiger partial charge on any atom is 0.338 e. The van der Waals surface area contributed by atoms with Crippen molar-refractivity contribution in [2.24, 2.45) is 0 Å². The van der Waals surface area contributed by atoms with Crippen LogP contribution >= 0.6 is 0 Å². The number of nitrogens with one attached hydrogen (secondary N) is 1. The molecule has 0 radical (unpaired) electrons. The molecular formula is C21H21N3O3. The molecule has 6 nitrogen and oxygen atoms in total. The summed E-state index contributed by atoms with van der Waals surface area (Å²) >= 11 is 0. The van der Waals surface area contributed by atoms with Gasteiger partial charge in [-0.15, -0.1) is 0 Å². The molecule has 1 N–H and O–H groups in total. The number of fused-ring (bicyclic) bond motifs is 3. The second-order valence-electron chi connectivity index (χ2n) is 6.40. The lowest BCUT2D eigenvalue weighted by molar-refractivity contribution is -0.140. The van der Waals surface area contributed by atoms with Crippen molar-refractivity contribution < 1.29 is 14.3 Å². The van der Waals surface area contributed by atoms with E-state index in [0.717, 1.165) is 28.2 Å². The Bertz CT molecular complexity index is 1010. The highest BCUT2D eigenvalue weighted by molar-refractivity contribution is 5.94. The standard InChI is InChI=1S/C21H21N3O3/c1-14-18(20(25)27-13-12-26-2)19(15-8-4-3-5-9-15)24-17-11-7-6-10-16(17)23-21(24)22-14/h3-11,19H,12-13H2,1-2H3,(H,22,23)/t19-/m1/s1. The Kier molecular flexibility index (Phi) is 4.64. The normalized spacial score (nSPS) is 16.1. The predicted molar refractivity (Wildman–Crippen MR) is 103 cm³/mol. The van der Waals surface area contributed by atoms with Crippen molar-refractivity contribution in [2.45, 2.75) is 13.0 Å². The van der Waals surface area contributed by atoms with Crippen LogP contribution in [-0.2, 0) is 14.3 Å². The Hall–Kier alpha value is -3.12. The smallest absolute Gasteiger partial charge is 0.338 e. The molecular weight excluding hydrogens is 342 g/mol. The van der Waals surface area contributed by atoms with Crippen molar-refractivity contribution >= 4 is 23.0 Å². The highest BCUT2D eigenvalue weighted by Crippen LogP contribution is 2.39. The summed E-state index contributed by atoms with van der Waals surface area (Å²) in [7, 11) is 1.58. The molecule has 0 saturated heterocycles. The van der Waals surface area contributed by atoms with Gasteiger partial charge in [0.15, 0.2) is 0 Å². The van der Waals surface area contributed by atoms with E-state index in [9.17, 15) is 4.79 Å². The van der Waals surface area contributed by atoms with Gasteiger partial charge in [0.2, 0.25) is 5.95 Å². The number of hydrogen-bond acceptors (Lipinski definition) is 5. The van der Waals surface area contributed by atoms with Gasteiger partial charge in [-0.1, -0.05) is 42.5 Å². The third-order valence-electron chi connectivity index (χ3n) is 4.69. The van der Waals surface area contributed by atoms with Crippen LogP contribution in [0.2, 0.25) is 0 Å². The molecule has 3 aromatic rings. The van der Waals surface area contributed by atoms with E-state index in [1.54, 1.807) is 7.11 Å². The van der Waals surface area contributed by atoms with E-state index in [2.05, 4.69) is 9.88 Å². The second-order valence-corrected chi connectivity index (χ2v) is 6.40. The number of aromatic nitrogens is 2. The van der Waals surface area contributed by atoms with Gasteiger partial charge in [0.05, 0.1) is 29.3 Å². The number of carbonyl (C=O) groups excluding carboxylic acids is 1. The van der Waals surface area contributed by atoms with E-state index in [1.165, 1.54) is 0 Å². The van der Waals surface area contributed by atoms with Crippen molar-refractivity contribution in [2.75, 3.05) is 25.6 Å². The van der Waals surface area contributed by atoms with E-state index in [1.807, 2.05) is 61.5 Å². The SMILES string of the molecule is COCCOC(=O)C1=C(C)Nc2nc3ccccc3n2[C@@H]1c1ccccc1. The van der Waals surface area contributed by atoms with Crippen LogP contribution in [0.1, 0.15) is 18.5 Å². The Balaban J connectivity index is 1.86. The van der Waals surface area contributed by atoms with Crippen LogP contribution < -0.4 is 5.32 Å². The fraction of sp³-hybridized carbons (Fsp3) is 0.238. The molecule has 0 bridgehead atoms. The average molecular weight is 363 g/mol. The first kappa shape index (κ1) is 17.3. The van der Waals surface area contributed by atoms with Gasteiger partial charge < -0.3 is 14.8 Å².